The zero-order chi connectivity index (χ0) is 18.4. The van der Waals surface area contributed by atoms with E-state index < -0.39 is 6.04 Å². The van der Waals surface area contributed by atoms with Crippen LogP contribution in [0.15, 0.2) is 48.5 Å². The van der Waals surface area contributed by atoms with E-state index in [0.29, 0.717) is 17.1 Å². The Morgan fingerprint density at radius 3 is 2.44 bits per heavy atom. The van der Waals surface area contributed by atoms with E-state index in [9.17, 15) is 9.59 Å². The molecule has 0 aliphatic rings. The number of carbonyl (C=O) groups is 2. The van der Waals surface area contributed by atoms with Crippen LogP contribution in [-0.4, -0.2) is 17.9 Å². The average molecular weight is 359 g/mol. The fraction of sp³-hybridized carbons (Fsp3) is 0.300. The van der Waals surface area contributed by atoms with Gasteiger partial charge in [-0.3, -0.25) is 9.59 Å². The van der Waals surface area contributed by atoms with Crippen molar-refractivity contribution in [2.45, 2.75) is 33.4 Å². The minimum absolute atomic E-state index is 0.0349. The first-order chi connectivity index (χ1) is 11.9. The second-order valence-electron chi connectivity index (χ2n) is 6.36. The second-order valence-corrected chi connectivity index (χ2v) is 6.79. The Bertz CT molecular complexity index is 759. The second kappa shape index (κ2) is 8.67. The first-order valence-electron chi connectivity index (χ1n) is 8.27. The lowest BCUT2D eigenvalue weighted by Crippen LogP contribution is -2.49. The molecule has 0 spiro atoms. The zero-order valence-electron chi connectivity index (χ0n) is 14.7. The standard InChI is InChI=1S/C20H23ClN2O2/c1-13(2)18(23-19(24)17-10-5-4-7-14(17)3)20(25)22-12-15-8-6-9-16(21)11-15/h4-11,13,18H,12H2,1-3H3,(H,22,25)(H,23,24). The highest BCUT2D eigenvalue weighted by Gasteiger charge is 2.24. The van der Waals surface area contributed by atoms with E-state index in [-0.39, 0.29) is 17.7 Å². The number of hydrogen-bond donors (Lipinski definition) is 2. The van der Waals surface area contributed by atoms with Crippen LogP contribution >= 0.6 is 11.6 Å². The van der Waals surface area contributed by atoms with Crippen molar-refractivity contribution in [2.75, 3.05) is 0 Å². The molecule has 0 radical (unpaired) electrons. The minimum Gasteiger partial charge on any atom is -0.350 e. The maximum Gasteiger partial charge on any atom is 0.252 e. The van der Waals surface area contributed by atoms with Crippen molar-refractivity contribution in [3.8, 4) is 0 Å². The monoisotopic (exact) mass is 358 g/mol. The Balaban J connectivity index is 2.03. The van der Waals surface area contributed by atoms with Gasteiger partial charge in [-0.25, -0.2) is 0 Å². The zero-order valence-corrected chi connectivity index (χ0v) is 15.4. The lowest BCUT2D eigenvalue weighted by molar-refractivity contribution is -0.124. The molecule has 0 saturated carbocycles. The van der Waals surface area contributed by atoms with Gasteiger partial charge in [0, 0.05) is 17.1 Å². The van der Waals surface area contributed by atoms with Crippen LogP contribution in [0.1, 0.15) is 35.3 Å². The molecule has 1 unspecified atom stereocenters. The van der Waals surface area contributed by atoms with Gasteiger partial charge in [0.05, 0.1) is 0 Å². The topological polar surface area (TPSA) is 58.2 Å². The fourth-order valence-electron chi connectivity index (χ4n) is 2.53. The van der Waals surface area contributed by atoms with Gasteiger partial charge in [0.15, 0.2) is 0 Å². The molecule has 2 N–H and O–H groups in total. The molecule has 2 aromatic rings. The fourth-order valence-corrected chi connectivity index (χ4v) is 2.74. The lowest BCUT2D eigenvalue weighted by atomic mass is 10.0. The maximum atomic E-state index is 12.5. The van der Waals surface area contributed by atoms with Crippen LogP contribution in [0.25, 0.3) is 0 Å². The van der Waals surface area contributed by atoms with Crippen molar-refractivity contribution >= 4 is 23.4 Å². The Hall–Kier alpha value is -2.33. The molecule has 132 valence electrons. The Labute approximate surface area is 153 Å². The molecule has 0 saturated heterocycles. The van der Waals surface area contributed by atoms with Gasteiger partial charge in [-0.2, -0.15) is 0 Å². The van der Waals surface area contributed by atoms with Crippen LogP contribution in [0.2, 0.25) is 5.02 Å². The summed E-state index contributed by atoms with van der Waals surface area (Å²) >= 11 is 5.95. The van der Waals surface area contributed by atoms with E-state index in [2.05, 4.69) is 10.6 Å². The minimum atomic E-state index is -0.605. The molecule has 0 aliphatic heterocycles. The van der Waals surface area contributed by atoms with Crippen molar-refractivity contribution in [3.05, 3.63) is 70.2 Å². The molecular formula is C20H23ClN2O2. The molecule has 2 aromatic carbocycles. The summed E-state index contributed by atoms with van der Waals surface area (Å²) in [5.41, 5.74) is 2.37. The normalized spacial score (nSPS) is 11.9. The van der Waals surface area contributed by atoms with Gasteiger partial charge < -0.3 is 10.6 Å². The van der Waals surface area contributed by atoms with Crippen molar-refractivity contribution in [2.24, 2.45) is 5.92 Å². The van der Waals surface area contributed by atoms with Crippen molar-refractivity contribution < 1.29 is 9.59 Å². The highest BCUT2D eigenvalue weighted by Crippen LogP contribution is 2.12. The van der Waals surface area contributed by atoms with Gasteiger partial charge in [0.1, 0.15) is 6.04 Å². The Kier molecular flexibility index (Phi) is 6.59. The van der Waals surface area contributed by atoms with Crippen LogP contribution in [-0.2, 0) is 11.3 Å². The number of halogens is 1. The summed E-state index contributed by atoms with van der Waals surface area (Å²) in [6.07, 6.45) is 0. The highest BCUT2D eigenvalue weighted by atomic mass is 35.5. The molecule has 2 rings (SSSR count). The van der Waals surface area contributed by atoms with Crippen molar-refractivity contribution in [1.82, 2.24) is 10.6 Å². The van der Waals surface area contributed by atoms with Crippen LogP contribution < -0.4 is 10.6 Å². The number of benzene rings is 2. The molecule has 0 bridgehead atoms. The summed E-state index contributed by atoms with van der Waals surface area (Å²) in [5, 5.41) is 6.34. The number of aryl methyl sites for hydroxylation is 1. The summed E-state index contributed by atoms with van der Waals surface area (Å²) in [5.74, 6) is -0.487. The van der Waals surface area contributed by atoms with Crippen molar-refractivity contribution in [1.29, 1.82) is 0 Å². The van der Waals surface area contributed by atoms with E-state index >= 15 is 0 Å². The summed E-state index contributed by atoms with van der Waals surface area (Å²) in [4.78, 5) is 25.0. The molecule has 0 aliphatic carbocycles. The Morgan fingerprint density at radius 1 is 1.08 bits per heavy atom. The number of nitrogens with one attached hydrogen (secondary N) is 2. The first kappa shape index (κ1) is 19.0. The van der Waals surface area contributed by atoms with Crippen LogP contribution in [0.4, 0.5) is 0 Å². The number of hydrogen-bond acceptors (Lipinski definition) is 2. The third-order valence-corrected chi connectivity index (χ3v) is 4.22. The molecule has 2 amide bonds. The van der Waals surface area contributed by atoms with Crippen LogP contribution in [0.5, 0.6) is 0 Å². The predicted molar refractivity (Wildman–Crippen MR) is 101 cm³/mol. The van der Waals surface area contributed by atoms with E-state index in [1.54, 1.807) is 18.2 Å². The molecule has 4 nitrogen and oxygen atoms in total. The van der Waals surface area contributed by atoms with Gasteiger partial charge in [0.25, 0.3) is 5.91 Å². The van der Waals surface area contributed by atoms with Crippen molar-refractivity contribution in [3.63, 3.8) is 0 Å². The maximum absolute atomic E-state index is 12.5. The average Bonchev–Trinajstić information content (AvgIpc) is 2.57. The molecule has 0 fully saturated rings. The summed E-state index contributed by atoms with van der Waals surface area (Å²) < 4.78 is 0. The van der Waals surface area contributed by atoms with E-state index in [1.165, 1.54) is 0 Å². The lowest BCUT2D eigenvalue weighted by Gasteiger charge is -2.22. The molecular weight excluding hydrogens is 336 g/mol. The van der Waals surface area contributed by atoms with Crippen LogP contribution in [0.3, 0.4) is 0 Å². The quantitative estimate of drug-likeness (QED) is 0.826. The van der Waals surface area contributed by atoms with E-state index in [1.807, 2.05) is 51.1 Å². The summed E-state index contributed by atoms with van der Waals surface area (Å²) in [6.45, 7) is 6.05. The number of amides is 2. The van der Waals surface area contributed by atoms with E-state index in [4.69, 9.17) is 11.6 Å². The molecule has 1 atom stereocenters. The van der Waals surface area contributed by atoms with Crippen LogP contribution in [0, 0.1) is 12.8 Å². The smallest absolute Gasteiger partial charge is 0.252 e. The largest absolute Gasteiger partial charge is 0.350 e. The summed E-state index contributed by atoms with van der Waals surface area (Å²) in [7, 11) is 0. The molecule has 0 aromatic heterocycles. The van der Waals surface area contributed by atoms with E-state index in [0.717, 1.165) is 11.1 Å². The van der Waals surface area contributed by atoms with Gasteiger partial charge in [-0.1, -0.05) is 55.8 Å². The van der Waals surface area contributed by atoms with Gasteiger partial charge in [-0.05, 0) is 42.2 Å². The van der Waals surface area contributed by atoms with Gasteiger partial charge in [-0.15, -0.1) is 0 Å². The third-order valence-electron chi connectivity index (χ3n) is 3.98. The Morgan fingerprint density at radius 2 is 1.80 bits per heavy atom. The molecule has 25 heavy (non-hydrogen) atoms. The highest BCUT2D eigenvalue weighted by molar-refractivity contribution is 6.30. The first-order valence-corrected chi connectivity index (χ1v) is 8.65. The summed E-state index contributed by atoms with van der Waals surface area (Å²) in [6, 6.07) is 14.0. The van der Waals surface area contributed by atoms with Gasteiger partial charge >= 0.3 is 0 Å². The molecule has 5 heteroatoms. The molecule has 0 heterocycles. The van der Waals surface area contributed by atoms with Gasteiger partial charge in [0.2, 0.25) is 5.91 Å². The number of rotatable bonds is 6. The SMILES string of the molecule is Cc1ccccc1C(=O)NC(C(=O)NCc1cccc(Cl)c1)C(C)C. The third kappa shape index (κ3) is 5.33. The number of carbonyl (C=O) groups excluding carboxylic acids is 2. The predicted octanol–water partition coefficient (Wildman–Crippen LogP) is 3.72.